The van der Waals surface area contributed by atoms with E-state index in [0.717, 1.165) is 51.4 Å². The van der Waals surface area contributed by atoms with Gasteiger partial charge in [0.2, 0.25) is 5.91 Å². The van der Waals surface area contributed by atoms with Crippen molar-refractivity contribution in [3.05, 3.63) is 48.6 Å². The lowest BCUT2D eigenvalue weighted by Gasteiger charge is -2.27. The predicted molar refractivity (Wildman–Crippen MR) is 337 cm³/mol. The Morgan fingerprint density at radius 1 is 0.449 bits per heavy atom. The third kappa shape index (κ3) is 58.6. The van der Waals surface area contributed by atoms with Gasteiger partial charge < -0.3 is 19.4 Å². The van der Waals surface area contributed by atoms with E-state index in [1.807, 2.05) is 39.4 Å². The van der Waals surface area contributed by atoms with E-state index in [2.05, 4.69) is 56.5 Å². The molecule has 0 aliphatic rings. The summed E-state index contributed by atoms with van der Waals surface area (Å²) >= 11 is 0. The number of carbonyl (C=O) groups is 2. The molecule has 0 heterocycles. The second kappa shape index (κ2) is 58.2. The monoisotopic (exact) mass is 1120 g/mol. The summed E-state index contributed by atoms with van der Waals surface area (Å²) in [6, 6.07) is -0.868. The summed E-state index contributed by atoms with van der Waals surface area (Å²) in [6.07, 6.45) is 72.9. The summed E-state index contributed by atoms with van der Waals surface area (Å²) < 4.78 is 30.7. The summed E-state index contributed by atoms with van der Waals surface area (Å²) in [5, 5.41) is 3.05. The van der Waals surface area contributed by atoms with E-state index >= 15 is 0 Å². The Bertz CT molecular complexity index is 1470. The first-order valence-electron chi connectivity index (χ1n) is 33.5. The number of nitrogens with zero attached hydrogens (tertiary/aromatic N) is 1. The molecule has 458 valence electrons. The number of hydrogen-bond donors (Lipinski definition) is 2. The van der Waals surface area contributed by atoms with Crippen LogP contribution in [0.1, 0.15) is 323 Å². The summed E-state index contributed by atoms with van der Waals surface area (Å²) in [6.45, 7) is 6.99. The molecule has 0 saturated heterocycles. The smallest absolute Gasteiger partial charge is 0.456 e. The van der Waals surface area contributed by atoms with Crippen LogP contribution in [0.5, 0.6) is 0 Å². The molecular formula is C68H130N2O7P+. The molecule has 0 bridgehead atoms. The third-order valence-corrected chi connectivity index (χ3v) is 16.0. The second-order valence-corrected chi connectivity index (χ2v) is 25.4. The van der Waals surface area contributed by atoms with Crippen molar-refractivity contribution >= 4 is 19.7 Å². The van der Waals surface area contributed by atoms with Gasteiger partial charge in [-0.1, -0.05) is 282 Å². The number of ether oxygens (including phenoxy) is 1. The van der Waals surface area contributed by atoms with E-state index in [0.29, 0.717) is 23.9 Å². The molecule has 0 rings (SSSR count). The molecule has 0 spiro atoms. The van der Waals surface area contributed by atoms with E-state index < -0.39 is 20.0 Å². The molecule has 9 nitrogen and oxygen atoms in total. The lowest BCUT2D eigenvalue weighted by atomic mass is 10.0. The Balaban J connectivity index is 5.01. The number of esters is 1. The fourth-order valence-electron chi connectivity index (χ4n) is 9.81. The molecule has 1 amide bonds. The number of hydrogen-bond acceptors (Lipinski definition) is 6. The van der Waals surface area contributed by atoms with Gasteiger partial charge in [-0.05, 0) is 76.7 Å². The summed E-state index contributed by atoms with van der Waals surface area (Å²) in [4.78, 5) is 37.7. The van der Waals surface area contributed by atoms with Crippen LogP contribution in [0.4, 0.5) is 0 Å². The zero-order valence-corrected chi connectivity index (χ0v) is 53.3. The van der Waals surface area contributed by atoms with Gasteiger partial charge in [0.25, 0.3) is 0 Å². The van der Waals surface area contributed by atoms with Gasteiger partial charge in [0.15, 0.2) is 0 Å². The number of carbonyl (C=O) groups excluding carboxylic acids is 2. The van der Waals surface area contributed by atoms with E-state index in [1.165, 1.54) is 231 Å². The van der Waals surface area contributed by atoms with Crippen molar-refractivity contribution in [1.82, 2.24) is 5.32 Å². The standard InChI is InChI=1S/C68H129N2O7P/c1-7-10-13-16-19-22-25-28-29-30-31-32-33-34-35-36-37-38-39-40-41-43-45-48-51-54-57-60-67(71)69-65(64-76-78(73,74)75-63-62-70(4,5)6)66(59-56-53-50-47-44-27-24-21-18-15-12-9-3)77-68(72)61-58-55-52-49-46-42-26-23-20-17-14-11-8-2/h28-29,42,46,52,55-56,59,65-66H,7-27,30-41,43-45,47-51,53-54,57-58,60-64H2,1-6H3,(H-,69,71,73,74)/p+1/b29-28+,46-42-,55-52+,59-56-. The van der Waals surface area contributed by atoms with Crippen LogP contribution in [0, 0.1) is 0 Å². The second-order valence-electron chi connectivity index (χ2n) is 24.0. The van der Waals surface area contributed by atoms with Gasteiger partial charge in [-0.25, -0.2) is 4.57 Å². The van der Waals surface area contributed by atoms with Crippen molar-refractivity contribution in [3.8, 4) is 0 Å². The van der Waals surface area contributed by atoms with Gasteiger partial charge in [-0.15, -0.1) is 0 Å². The molecule has 0 aromatic heterocycles. The number of phosphoric ester groups is 1. The fourth-order valence-corrected chi connectivity index (χ4v) is 10.5. The number of unbranched alkanes of at least 4 members (excludes halogenated alkanes) is 39. The molecule has 0 aliphatic heterocycles. The number of rotatable bonds is 61. The van der Waals surface area contributed by atoms with Crippen molar-refractivity contribution in [1.29, 1.82) is 0 Å². The minimum Gasteiger partial charge on any atom is -0.456 e. The molecule has 3 unspecified atom stereocenters. The van der Waals surface area contributed by atoms with Crippen LogP contribution >= 0.6 is 7.82 Å². The Morgan fingerprint density at radius 2 is 0.795 bits per heavy atom. The van der Waals surface area contributed by atoms with Crippen molar-refractivity contribution in [2.75, 3.05) is 40.9 Å². The van der Waals surface area contributed by atoms with Crippen LogP contribution in [0.3, 0.4) is 0 Å². The van der Waals surface area contributed by atoms with Crippen LogP contribution in [0.25, 0.3) is 0 Å². The first-order chi connectivity index (χ1) is 37.9. The average molecular weight is 1120 g/mol. The van der Waals surface area contributed by atoms with Crippen molar-refractivity contribution in [3.63, 3.8) is 0 Å². The number of likely N-dealkylation sites (N-methyl/N-ethyl adjacent to an activating group) is 1. The van der Waals surface area contributed by atoms with E-state index in [9.17, 15) is 19.0 Å². The lowest BCUT2D eigenvalue weighted by Crippen LogP contribution is -2.47. The normalized spacial score (nSPS) is 13.9. The molecule has 2 N–H and O–H groups in total. The van der Waals surface area contributed by atoms with Gasteiger partial charge in [-0.2, -0.15) is 0 Å². The maximum absolute atomic E-state index is 13.6. The minimum absolute atomic E-state index is 0.0340. The molecule has 0 saturated carbocycles. The Morgan fingerprint density at radius 3 is 1.19 bits per heavy atom. The zero-order chi connectivity index (χ0) is 57.2. The highest BCUT2D eigenvalue weighted by atomic mass is 31.2. The van der Waals surface area contributed by atoms with Crippen LogP contribution in [0.15, 0.2) is 48.6 Å². The molecule has 78 heavy (non-hydrogen) atoms. The highest BCUT2D eigenvalue weighted by Gasteiger charge is 2.30. The highest BCUT2D eigenvalue weighted by Crippen LogP contribution is 2.43. The number of nitrogens with one attached hydrogen (secondary N) is 1. The first kappa shape index (κ1) is 76.0. The number of amides is 1. The van der Waals surface area contributed by atoms with E-state index in [4.69, 9.17) is 13.8 Å². The van der Waals surface area contributed by atoms with E-state index in [1.54, 1.807) is 0 Å². The average Bonchev–Trinajstić information content (AvgIpc) is 3.40. The Kier molecular flexibility index (Phi) is 56.7. The first-order valence-corrected chi connectivity index (χ1v) is 35.0. The molecule has 0 aliphatic carbocycles. The van der Waals surface area contributed by atoms with E-state index in [-0.39, 0.29) is 31.5 Å². The number of allylic oxidation sites excluding steroid dienone is 7. The Hall–Kier alpha value is -2.03. The van der Waals surface area contributed by atoms with Gasteiger partial charge in [0.1, 0.15) is 19.3 Å². The highest BCUT2D eigenvalue weighted by molar-refractivity contribution is 7.47. The van der Waals surface area contributed by atoms with Crippen LogP contribution in [0.2, 0.25) is 0 Å². The van der Waals surface area contributed by atoms with Crippen LogP contribution in [-0.2, 0) is 27.9 Å². The van der Waals surface area contributed by atoms with Gasteiger partial charge in [0, 0.05) is 12.8 Å². The van der Waals surface area contributed by atoms with Gasteiger partial charge >= 0.3 is 13.8 Å². The number of quaternary nitrogens is 1. The maximum Gasteiger partial charge on any atom is 0.472 e. The predicted octanol–water partition coefficient (Wildman–Crippen LogP) is 20.8. The molecule has 0 radical (unpaired) electrons. The van der Waals surface area contributed by atoms with Gasteiger partial charge in [0.05, 0.1) is 33.8 Å². The van der Waals surface area contributed by atoms with Crippen LogP contribution in [-0.4, -0.2) is 74.3 Å². The van der Waals surface area contributed by atoms with Crippen molar-refractivity contribution < 1.29 is 37.3 Å². The zero-order valence-electron chi connectivity index (χ0n) is 52.4. The van der Waals surface area contributed by atoms with Crippen LogP contribution < -0.4 is 5.32 Å². The fraction of sp³-hybridized carbons (Fsp3) is 0.853. The van der Waals surface area contributed by atoms with Gasteiger partial charge in [-0.3, -0.25) is 18.6 Å². The molecule has 3 atom stereocenters. The number of phosphoric acid groups is 1. The molecular weight excluding hydrogens is 988 g/mol. The quantitative estimate of drug-likeness (QED) is 0.0205. The topological polar surface area (TPSA) is 111 Å². The maximum atomic E-state index is 13.6. The third-order valence-electron chi connectivity index (χ3n) is 15.0. The Labute approximate surface area is 484 Å². The minimum atomic E-state index is -4.46. The molecule has 0 fully saturated rings. The van der Waals surface area contributed by atoms with Crippen molar-refractivity contribution in [2.24, 2.45) is 0 Å². The summed E-state index contributed by atoms with van der Waals surface area (Å²) in [5.41, 5.74) is 0. The largest absolute Gasteiger partial charge is 0.472 e. The molecule has 10 heteroatoms. The molecule has 0 aromatic rings. The molecule has 0 aromatic carbocycles. The SMILES string of the molecule is CCCCCCCC/C=C\C/C=C/CCC(=O)OC(/C=C\CCCCCCCCCCCC)C(COP(=O)(O)OCC[N+](C)(C)C)NC(=O)CCCCCCCCCCCCCCCCCCC/C=C/CCCCCCCC. The summed E-state index contributed by atoms with van der Waals surface area (Å²) in [7, 11) is 1.48. The summed E-state index contributed by atoms with van der Waals surface area (Å²) in [5.74, 6) is -0.572. The van der Waals surface area contributed by atoms with Crippen molar-refractivity contribution in [2.45, 2.75) is 335 Å². The lowest BCUT2D eigenvalue weighted by molar-refractivity contribution is -0.870.